The first kappa shape index (κ1) is 9.87. The largest absolute Gasteiger partial charge is 0.454 e. The molecular weight excluding hydrogens is 224 g/mol. The Morgan fingerprint density at radius 3 is 2.73 bits per heavy atom. The Hall–Kier alpha value is -1.67. The molecular formula is C7H6N2O5S. The van der Waals surface area contributed by atoms with Crippen LogP contribution in [0.3, 0.4) is 0 Å². The molecule has 0 saturated carbocycles. The molecule has 0 amide bonds. The minimum Gasteiger partial charge on any atom is -0.454 e. The first-order valence-electron chi connectivity index (χ1n) is 3.85. The molecule has 0 aliphatic carbocycles. The topological polar surface area (TPSA) is 97.6 Å². The van der Waals surface area contributed by atoms with Gasteiger partial charge in [0.2, 0.25) is 6.79 Å². The van der Waals surface area contributed by atoms with Gasteiger partial charge in [-0.15, -0.1) is 5.11 Å². The molecule has 1 N–H and O–H groups in total. The monoisotopic (exact) mass is 230 g/mol. The Morgan fingerprint density at radius 2 is 2.00 bits per heavy atom. The average molecular weight is 230 g/mol. The third kappa shape index (κ3) is 2.42. The van der Waals surface area contributed by atoms with E-state index in [9.17, 15) is 8.42 Å². The summed E-state index contributed by atoms with van der Waals surface area (Å²) in [5.41, 5.74) is 0.247. The van der Waals surface area contributed by atoms with Crippen LogP contribution in [0.1, 0.15) is 0 Å². The lowest BCUT2D eigenvalue weighted by Gasteiger charge is -1.95. The fourth-order valence-corrected chi connectivity index (χ4v) is 1.24. The van der Waals surface area contributed by atoms with E-state index in [1.807, 2.05) is 0 Å². The molecule has 8 heteroatoms. The van der Waals surface area contributed by atoms with Gasteiger partial charge in [-0.2, -0.15) is 8.42 Å². The van der Waals surface area contributed by atoms with E-state index in [0.717, 1.165) is 0 Å². The maximum absolute atomic E-state index is 10.3. The zero-order valence-electron chi connectivity index (χ0n) is 7.32. The number of benzene rings is 1. The van der Waals surface area contributed by atoms with E-state index < -0.39 is 10.3 Å². The molecule has 0 fully saturated rings. The van der Waals surface area contributed by atoms with Crippen molar-refractivity contribution < 1.29 is 22.4 Å². The molecule has 0 radical (unpaired) electrons. The Labute approximate surface area is 85.2 Å². The van der Waals surface area contributed by atoms with Gasteiger partial charge < -0.3 is 9.47 Å². The van der Waals surface area contributed by atoms with Gasteiger partial charge in [-0.3, -0.25) is 4.55 Å². The van der Waals surface area contributed by atoms with E-state index in [4.69, 9.17) is 14.0 Å². The van der Waals surface area contributed by atoms with Crippen molar-refractivity contribution in [1.82, 2.24) is 0 Å². The van der Waals surface area contributed by atoms with Crippen LogP contribution >= 0.6 is 0 Å². The minimum atomic E-state index is -4.45. The van der Waals surface area contributed by atoms with Gasteiger partial charge in [-0.05, 0) is 16.7 Å². The van der Waals surface area contributed by atoms with Crippen molar-refractivity contribution >= 4 is 16.0 Å². The zero-order chi connectivity index (χ0) is 10.9. The standard InChI is InChI=1S/C7H6N2O5S/c10-15(11,12)9-8-5-1-2-6-7(3-5)14-4-13-6/h1-3H,4H2,(H,10,11,12). The third-order valence-corrected chi connectivity index (χ3v) is 1.90. The first-order chi connectivity index (χ1) is 7.04. The van der Waals surface area contributed by atoms with Gasteiger partial charge in [0.05, 0.1) is 5.69 Å². The highest BCUT2D eigenvalue weighted by Crippen LogP contribution is 2.35. The molecule has 7 nitrogen and oxygen atoms in total. The predicted octanol–water partition coefficient (Wildman–Crippen LogP) is 1.30. The summed E-state index contributed by atoms with van der Waals surface area (Å²) in [5, 5.41) is 3.31. The number of fused-ring (bicyclic) bond motifs is 1. The maximum Gasteiger partial charge on any atom is 0.396 e. The van der Waals surface area contributed by atoms with E-state index in [0.29, 0.717) is 11.5 Å². The summed E-state index contributed by atoms with van der Waals surface area (Å²) in [7, 11) is -4.45. The fourth-order valence-electron chi connectivity index (χ4n) is 1.05. The fraction of sp³-hybridized carbons (Fsp3) is 0.143. The van der Waals surface area contributed by atoms with Crippen LogP contribution in [0.15, 0.2) is 27.8 Å². The van der Waals surface area contributed by atoms with Gasteiger partial charge in [0, 0.05) is 6.07 Å². The second-order valence-corrected chi connectivity index (χ2v) is 3.73. The van der Waals surface area contributed by atoms with E-state index in [-0.39, 0.29) is 12.5 Å². The van der Waals surface area contributed by atoms with E-state index in [1.54, 1.807) is 6.07 Å². The van der Waals surface area contributed by atoms with Crippen molar-refractivity contribution in [2.45, 2.75) is 0 Å². The molecule has 0 atom stereocenters. The number of hydrogen-bond donors (Lipinski definition) is 1. The molecule has 0 saturated heterocycles. The molecule has 1 aliphatic heterocycles. The van der Waals surface area contributed by atoms with Gasteiger partial charge in [0.15, 0.2) is 11.5 Å². The number of rotatable bonds is 2. The van der Waals surface area contributed by atoms with Crippen LogP contribution in [-0.2, 0) is 10.3 Å². The van der Waals surface area contributed by atoms with Crippen molar-refractivity contribution in [2.24, 2.45) is 9.63 Å². The molecule has 0 aromatic heterocycles. The van der Waals surface area contributed by atoms with E-state index in [2.05, 4.69) is 9.63 Å². The number of nitrogens with zero attached hydrogens (tertiary/aromatic N) is 2. The van der Waals surface area contributed by atoms with Crippen LogP contribution in [0, 0.1) is 0 Å². The van der Waals surface area contributed by atoms with Crippen molar-refractivity contribution in [1.29, 1.82) is 0 Å². The van der Waals surface area contributed by atoms with Gasteiger partial charge in [0.1, 0.15) is 0 Å². The third-order valence-electron chi connectivity index (χ3n) is 1.62. The summed E-state index contributed by atoms with van der Waals surface area (Å²) in [6.45, 7) is 0.119. The van der Waals surface area contributed by atoms with Crippen LogP contribution in [-0.4, -0.2) is 19.8 Å². The highest BCUT2D eigenvalue weighted by Gasteiger charge is 2.13. The smallest absolute Gasteiger partial charge is 0.396 e. The normalized spacial score (nSPS) is 14.7. The van der Waals surface area contributed by atoms with E-state index >= 15 is 0 Å². The van der Waals surface area contributed by atoms with Crippen LogP contribution in [0.25, 0.3) is 0 Å². The van der Waals surface area contributed by atoms with Gasteiger partial charge in [-0.25, -0.2) is 0 Å². The Kier molecular flexibility index (Phi) is 2.29. The van der Waals surface area contributed by atoms with Gasteiger partial charge in [0.25, 0.3) is 0 Å². The second-order valence-electron chi connectivity index (χ2n) is 2.67. The summed E-state index contributed by atoms with van der Waals surface area (Å²) < 4.78 is 41.7. The molecule has 1 aliphatic rings. The van der Waals surface area contributed by atoms with Crippen LogP contribution in [0.5, 0.6) is 11.5 Å². The summed E-state index contributed by atoms with van der Waals surface area (Å²) in [6, 6.07) is 4.51. The predicted molar refractivity (Wildman–Crippen MR) is 48.6 cm³/mol. The summed E-state index contributed by atoms with van der Waals surface area (Å²) in [4.78, 5) is 0. The highest BCUT2D eigenvalue weighted by molar-refractivity contribution is 7.84. The molecule has 80 valence electrons. The Bertz CT molecular complexity index is 510. The molecule has 2 rings (SSSR count). The molecule has 0 unspecified atom stereocenters. The zero-order valence-corrected chi connectivity index (χ0v) is 8.14. The van der Waals surface area contributed by atoms with Crippen molar-refractivity contribution in [3.8, 4) is 11.5 Å². The van der Waals surface area contributed by atoms with Gasteiger partial charge >= 0.3 is 10.3 Å². The lowest BCUT2D eigenvalue weighted by molar-refractivity contribution is 0.174. The second kappa shape index (κ2) is 3.48. The highest BCUT2D eigenvalue weighted by atomic mass is 32.2. The van der Waals surface area contributed by atoms with Crippen molar-refractivity contribution in [2.75, 3.05) is 6.79 Å². The quantitative estimate of drug-likeness (QED) is 0.610. The van der Waals surface area contributed by atoms with Crippen LogP contribution < -0.4 is 9.47 Å². The molecule has 0 bridgehead atoms. The Morgan fingerprint density at radius 1 is 1.27 bits per heavy atom. The van der Waals surface area contributed by atoms with Crippen molar-refractivity contribution in [3.63, 3.8) is 0 Å². The lowest BCUT2D eigenvalue weighted by Crippen LogP contribution is -1.92. The van der Waals surface area contributed by atoms with E-state index in [1.165, 1.54) is 12.1 Å². The van der Waals surface area contributed by atoms with Gasteiger partial charge in [-0.1, -0.05) is 0 Å². The number of hydrogen-bond acceptors (Lipinski definition) is 5. The Balaban J connectivity index is 2.28. The number of ether oxygens (including phenoxy) is 2. The summed E-state index contributed by atoms with van der Waals surface area (Å²) in [5.74, 6) is 1.02. The molecule has 15 heavy (non-hydrogen) atoms. The maximum atomic E-state index is 10.3. The minimum absolute atomic E-state index is 0.119. The van der Waals surface area contributed by atoms with Crippen LogP contribution in [0.2, 0.25) is 0 Å². The molecule has 0 spiro atoms. The molecule has 1 aromatic carbocycles. The molecule has 1 heterocycles. The summed E-state index contributed by atoms with van der Waals surface area (Å²) in [6.07, 6.45) is 0. The van der Waals surface area contributed by atoms with Crippen LogP contribution in [0.4, 0.5) is 5.69 Å². The lowest BCUT2D eigenvalue weighted by atomic mass is 10.3. The first-order valence-corrected chi connectivity index (χ1v) is 5.24. The molecule has 1 aromatic rings. The SMILES string of the molecule is O=S(=O)(O)N=Nc1ccc2c(c1)OCO2. The van der Waals surface area contributed by atoms with Crippen molar-refractivity contribution in [3.05, 3.63) is 18.2 Å². The average Bonchev–Trinajstić information content (AvgIpc) is 2.60. The summed E-state index contributed by atoms with van der Waals surface area (Å²) >= 11 is 0.